The Morgan fingerprint density at radius 3 is 3.00 bits per heavy atom. The number of rotatable bonds is 2. The van der Waals surface area contributed by atoms with Crippen molar-refractivity contribution < 1.29 is 0 Å². The lowest BCUT2D eigenvalue weighted by Crippen LogP contribution is -2.04. The van der Waals surface area contributed by atoms with Crippen molar-refractivity contribution in [1.29, 1.82) is 0 Å². The van der Waals surface area contributed by atoms with Gasteiger partial charge >= 0.3 is 0 Å². The number of hydrogen-bond acceptors (Lipinski definition) is 2. The third-order valence-electron chi connectivity index (χ3n) is 1.14. The van der Waals surface area contributed by atoms with Gasteiger partial charge in [0, 0.05) is 23.4 Å². The van der Waals surface area contributed by atoms with Crippen LogP contribution in [0.2, 0.25) is 0 Å². The standard InChI is InChI=1S/C7H9BrN2/c1-9-3-6-2-7(8)5-10-4-6/h2,4-5,9H,3H2,1H3. The summed E-state index contributed by atoms with van der Waals surface area (Å²) in [4.78, 5) is 4.02. The predicted octanol–water partition coefficient (Wildman–Crippen LogP) is 1.56. The van der Waals surface area contributed by atoms with Gasteiger partial charge in [0.25, 0.3) is 0 Å². The summed E-state index contributed by atoms with van der Waals surface area (Å²) in [5.41, 5.74) is 1.19. The van der Waals surface area contributed by atoms with Crippen LogP contribution < -0.4 is 5.32 Å². The molecule has 0 radical (unpaired) electrons. The summed E-state index contributed by atoms with van der Waals surface area (Å²) in [6, 6.07) is 2.05. The fourth-order valence-corrected chi connectivity index (χ4v) is 1.17. The molecule has 0 unspecified atom stereocenters. The largest absolute Gasteiger partial charge is 0.316 e. The molecule has 54 valence electrons. The van der Waals surface area contributed by atoms with Gasteiger partial charge in [-0.1, -0.05) is 0 Å². The predicted molar refractivity (Wildman–Crippen MR) is 44.7 cm³/mol. The monoisotopic (exact) mass is 200 g/mol. The molecule has 0 amide bonds. The first-order valence-corrected chi connectivity index (χ1v) is 3.86. The third kappa shape index (κ3) is 2.08. The fraction of sp³-hybridized carbons (Fsp3) is 0.286. The molecule has 0 aromatic carbocycles. The maximum Gasteiger partial charge on any atom is 0.0410 e. The molecule has 0 aliphatic rings. The Balaban J connectivity index is 2.75. The van der Waals surface area contributed by atoms with Crippen LogP contribution in [0.5, 0.6) is 0 Å². The number of pyridine rings is 1. The van der Waals surface area contributed by atoms with Crippen molar-refractivity contribution in [1.82, 2.24) is 10.3 Å². The van der Waals surface area contributed by atoms with Gasteiger partial charge in [-0.2, -0.15) is 0 Å². The molecule has 1 aromatic heterocycles. The second-order valence-electron chi connectivity index (χ2n) is 2.04. The lowest BCUT2D eigenvalue weighted by Gasteiger charge is -1.97. The van der Waals surface area contributed by atoms with Crippen LogP contribution in [0.25, 0.3) is 0 Å². The summed E-state index contributed by atoms with van der Waals surface area (Å²) in [5, 5.41) is 3.05. The number of nitrogens with one attached hydrogen (secondary N) is 1. The van der Waals surface area contributed by atoms with E-state index >= 15 is 0 Å². The van der Waals surface area contributed by atoms with Gasteiger partial charge in [-0.05, 0) is 34.6 Å². The maximum atomic E-state index is 4.02. The average Bonchev–Trinajstić information content (AvgIpc) is 1.88. The van der Waals surface area contributed by atoms with Crippen molar-refractivity contribution in [3.05, 3.63) is 28.5 Å². The molecule has 0 fully saturated rings. The Hall–Kier alpha value is -0.410. The molecule has 3 heteroatoms. The summed E-state index contributed by atoms with van der Waals surface area (Å²) in [6.45, 7) is 0.867. The molecular formula is C7H9BrN2. The van der Waals surface area contributed by atoms with Crippen LogP contribution in [0.15, 0.2) is 22.9 Å². The minimum Gasteiger partial charge on any atom is -0.316 e. The average molecular weight is 201 g/mol. The van der Waals surface area contributed by atoms with Crippen LogP contribution in [-0.2, 0) is 6.54 Å². The SMILES string of the molecule is CNCc1cncc(Br)c1. The molecule has 0 bridgehead atoms. The van der Waals surface area contributed by atoms with Gasteiger partial charge in [0.05, 0.1) is 0 Å². The van der Waals surface area contributed by atoms with E-state index in [1.54, 1.807) is 6.20 Å². The maximum absolute atomic E-state index is 4.02. The first kappa shape index (κ1) is 7.69. The lowest BCUT2D eigenvalue weighted by atomic mass is 10.3. The molecule has 0 saturated heterocycles. The van der Waals surface area contributed by atoms with Crippen LogP contribution in [0.1, 0.15) is 5.56 Å². The minimum atomic E-state index is 0.867. The first-order chi connectivity index (χ1) is 4.83. The van der Waals surface area contributed by atoms with Crippen molar-refractivity contribution >= 4 is 15.9 Å². The van der Waals surface area contributed by atoms with Gasteiger partial charge in [0.15, 0.2) is 0 Å². The summed E-state index contributed by atoms with van der Waals surface area (Å²) < 4.78 is 1.03. The molecule has 0 saturated carbocycles. The Bertz CT molecular complexity index is 213. The Morgan fingerprint density at radius 2 is 2.40 bits per heavy atom. The van der Waals surface area contributed by atoms with E-state index in [1.807, 2.05) is 19.3 Å². The van der Waals surface area contributed by atoms with E-state index in [2.05, 4.69) is 26.2 Å². The second-order valence-corrected chi connectivity index (χ2v) is 2.96. The quantitative estimate of drug-likeness (QED) is 0.785. The van der Waals surface area contributed by atoms with Crippen molar-refractivity contribution in [2.24, 2.45) is 0 Å². The summed E-state index contributed by atoms with van der Waals surface area (Å²) in [5.74, 6) is 0. The van der Waals surface area contributed by atoms with Gasteiger partial charge in [0.1, 0.15) is 0 Å². The van der Waals surface area contributed by atoms with E-state index in [-0.39, 0.29) is 0 Å². The van der Waals surface area contributed by atoms with Crippen molar-refractivity contribution in [2.75, 3.05) is 7.05 Å². The van der Waals surface area contributed by atoms with Crippen LogP contribution in [-0.4, -0.2) is 12.0 Å². The van der Waals surface area contributed by atoms with E-state index in [0.717, 1.165) is 11.0 Å². The molecule has 1 rings (SSSR count). The molecular weight excluding hydrogens is 192 g/mol. The van der Waals surface area contributed by atoms with E-state index < -0.39 is 0 Å². The zero-order valence-corrected chi connectivity index (χ0v) is 7.35. The molecule has 0 spiro atoms. The number of nitrogens with zero attached hydrogens (tertiary/aromatic N) is 1. The van der Waals surface area contributed by atoms with Gasteiger partial charge in [-0.25, -0.2) is 0 Å². The molecule has 0 atom stereocenters. The van der Waals surface area contributed by atoms with Crippen LogP contribution in [0.3, 0.4) is 0 Å². The van der Waals surface area contributed by atoms with Crippen LogP contribution in [0.4, 0.5) is 0 Å². The number of aromatic nitrogens is 1. The highest BCUT2D eigenvalue weighted by atomic mass is 79.9. The number of hydrogen-bond donors (Lipinski definition) is 1. The van der Waals surface area contributed by atoms with Crippen molar-refractivity contribution in [3.8, 4) is 0 Å². The molecule has 2 nitrogen and oxygen atoms in total. The highest BCUT2D eigenvalue weighted by Gasteiger charge is 1.90. The summed E-state index contributed by atoms with van der Waals surface area (Å²) in [7, 11) is 1.92. The Kier molecular flexibility index (Phi) is 2.83. The Morgan fingerprint density at radius 1 is 1.60 bits per heavy atom. The number of halogens is 1. The lowest BCUT2D eigenvalue weighted by molar-refractivity contribution is 0.812. The molecule has 10 heavy (non-hydrogen) atoms. The zero-order chi connectivity index (χ0) is 7.40. The normalized spacial score (nSPS) is 9.80. The Labute approximate surface area is 68.8 Å². The smallest absolute Gasteiger partial charge is 0.0410 e. The van der Waals surface area contributed by atoms with Crippen LogP contribution >= 0.6 is 15.9 Å². The fourth-order valence-electron chi connectivity index (χ4n) is 0.757. The van der Waals surface area contributed by atoms with Gasteiger partial charge in [0.2, 0.25) is 0 Å². The summed E-state index contributed by atoms with van der Waals surface area (Å²) >= 11 is 3.34. The zero-order valence-electron chi connectivity index (χ0n) is 5.76. The molecule has 0 aliphatic heterocycles. The molecule has 0 aliphatic carbocycles. The summed E-state index contributed by atoms with van der Waals surface area (Å²) in [6.07, 6.45) is 3.63. The van der Waals surface area contributed by atoms with Crippen molar-refractivity contribution in [2.45, 2.75) is 6.54 Å². The molecule has 1 aromatic rings. The van der Waals surface area contributed by atoms with Gasteiger partial charge in [-0.15, -0.1) is 0 Å². The van der Waals surface area contributed by atoms with Gasteiger partial charge < -0.3 is 5.32 Å². The van der Waals surface area contributed by atoms with E-state index in [1.165, 1.54) is 5.56 Å². The topological polar surface area (TPSA) is 24.9 Å². The third-order valence-corrected chi connectivity index (χ3v) is 1.58. The van der Waals surface area contributed by atoms with E-state index in [4.69, 9.17) is 0 Å². The highest BCUT2D eigenvalue weighted by Crippen LogP contribution is 2.08. The first-order valence-electron chi connectivity index (χ1n) is 3.07. The van der Waals surface area contributed by atoms with E-state index in [9.17, 15) is 0 Å². The van der Waals surface area contributed by atoms with Crippen LogP contribution in [0, 0.1) is 0 Å². The molecule has 1 heterocycles. The van der Waals surface area contributed by atoms with E-state index in [0.29, 0.717) is 0 Å². The van der Waals surface area contributed by atoms with Crippen molar-refractivity contribution in [3.63, 3.8) is 0 Å². The highest BCUT2D eigenvalue weighted by molar-refractivity contribution is 9.10. The molecule has 1 N–H and O–H groups in total. The minimum absolute atomic E-state index is 0.867. The van der Waals surface area contributed by atoms with Gasteiger partial charge in [-0.3, -0.25) is 4.98 Å². The second kappa shape index (κ2) is 3.68.